The summed E-state index contributed by atoms with van der Waals surface area (Å²) >= 11 is 6.02. The van der Waals surface area contributed by atoms with Crippen LogP contribution in [-0.2, 0) is 0 Å². The third-order valence-corrected chi connectivity index (χ3v) is 5.33. The molecule has 0 spiro atoms. The predicted octanol–water partition coefficient (Wildman–Crippen LogP) is 5.65. The Hall–Kier alpha value is -4.16. The summed E-state index contributed by atoms with van der Waals surface area (Å²) in [4.78, 5) is 39.2. The quantitative estimate of drug-likeness (QED) is 0.414. The van der Waals surface area contributed by atoms with Crippen molar-refractivity contribution in [2.24, 2.45) is 0 Å². The van der Waals surface area contributed by atoms with E-state index in [0.717, 1.165) is 10.5 Å². The van der Waals surface area contributed by atoms with Crippen LogP contribution in [-0.4, -0.2) is 17.7 Å². The normalized spacial score (nSPS) is 12.7. The first-order valence-corrected chi connectivity index (χ1v) is 10.1. The van der Waals surface area contributed by atoms with Gasteiger partial charge in [-0.2, -0.15) is 0 Å². The fourth-order valence-corrected chi connectivity index (χ4v) is 3.79. The summed E-state index contributed by atoms with van der Waals surface area (Å²) in [6.45, 7) is 0. The Bertz CT molecular complexity index is 1360. The zero-order chi connectivity index (χ0) is 22.2. The smallest absolute Gasteiger partial charge is 0.291 e. The number of nitrogens with zero attached hydrogens (tertiary/aromatic N) is 1. The molecule has 0 unspecified atom stereocenters. The zero-order valence-electron chi connectivity index (χ0n) is 16.5. The van der Waals surface area contributed by atoms with Crippen molar-refractivity contribution in [1.82, 2.24) is 0 Å². The number of anilines is 2. The summed E-state index contributed by atoms with van der Waals surface area (Å²) in [5.74, 6) is -0.626. The molecule has 0 saturated carbocycles. The average Bonchev–Trinajstić information content (AvgIpc) is 3.38. The number of fused-ring (bicyclic) bond motifs is 1. The first kappa shape index (κ1) is 19.8. The molecule has 3 amide bonds. The molecule has 1 N–H and O–H groups in total. The van der Waals surface area contributed by atoms with Gasteiger partial charge in [0.25, 0.3) is 17.7 Å². The van der Waals surface area contributed by atoms with Crippen molar-refractivity contribution in [3.8, 4) is 11.3 Å². The van der Waals surface area contributed by atoms with Crippen molar-refractivity contribution in [2.75, 3.05) is 10.2 Å². The Kier molecular flexibility index (Phi) is 4.84. The van der Waals surface area contributed by atoms with E-state index in [9.17, 15) is 14.4 Å². The van der Waals surface area contributed by atoms with Crippen molar-refractivity contribution in [3.63, 3.8) is 0 Å². The molecule has 1 aromatic heterocycles. The number of benzene rings is 3. The third kappa shape index (κ3) is 3.46. The minimum atomic E-state index is -0.460. The molecule has 156 valence electrons. The monoisotopic (exact) mass is 442 g/mol. The maximum absolute atomic E-state index is 12.7. The Morgan fingerprint density at radius 1 is 0.812 bits per heavy atom. The van der Waals surface area contributed by atoms with Gasteiger partial charge < -0.3 is 9.73 Å². The van der Waals surface area contributed by atoms with Crippen LogP contribution in [0.1, 0.15) is 31.3 Å². The highest BCUT2D eigenvalue weighted by Gasteiger charge is 2.36. The number of rotatable bonds is 4. The van der Waals surface area contributed by atoms with Gasteiger partial charge in [-0.1, -0.05) is 41.9 Å². The second-order valence-corrected chi connectivity index (χ2v) is 7.61. The fourth-order valence-electron chi connectivity index (χ4n) is 3.60. The molecule has 1 aliphatic rings. The summed E-state index contributed by atoms with van der Waals surface area (Å²) in [6, 6.07) is 23.6. The van der Waals surface area contributed by atoms with Crippen LogP contribution in [0.4, 0.5) is 11.4 Å². The molecule has 0 aliphatic carbocycles. The number of amides is 3. The van der Waals surface area contributed by atoms with Gasteiger partial charge in [-0.05, 0) is 54.6 Å². The summed E-state index contributed by atoms with van der Waals surface area (Å²) in [7, 11) is 0. The Morgan fingerprint density at radius 2 is 1.53 bits per heavy atom. The van der Waals surface area contributed by atoms with Crippen LogP contribution in [0.5, 0.6) is 0 Å². The lowest BCUT2D eigenvalue weighted by Crippen LogP contribution is -2.29. The van der Waals surface area contributed by atoms with Crippen molar-refractivity contribution >= 4 is 40.7 Å². The molecule has 3 aromatic carbocycles. The van der Waals surface area contributed by atoms with E-state index >= 15 is 0 Å². The first-order valence-electron chi connectivity index (χ1n) is 9.76. The van der Waals surface area contributed by atoms with Gasteiger partial charge in [0.05, 0.1) is 16.8 Å². The molecular weight excluding hydrogens is 428 g/mol. The van der Waals surface area contributed by atoms with E-state index in [1.807, 2.05) is 6.07 Å². The largest absolute Gasteiger partial charge is 0.451 e. The minimum Gasteiger partial charge on any atom is -0.451 e. The number of furan rings is 1. The summed E-state index contributed by atoms with van der Waals surface area (Å²) in [5.41, 5.74) is 2.26. The van der Waals surface area contributed by atoms with Crippen LogP contribution < -0.4 is 10.2 Å². The van der Waals surface area contributed by atoms with Crippen LogP contribution in [0, 0.1) is 0 Å². The Morgan fingerprint density at radius 3 is 2.25 bits per heavy atom. The molecule has 5 rings (SSSR count). The molecule has 2 heterocycles. The van der Waals surface area contributed by atoms with E-state index in [0.29, 0.717) is 33.3 Å². The molecular formula is C25H15ClN2O4. The zero-order valence-corrected chi connectivity index (χ0v) is 17.3. The number of carbonyl (C=O) groups is 3. The molecule has 7 heteroatoms. The van der Waals surface area contributed by atoms with E-state index in [1.165, 1.54) is 0 Å². The second kappa shape index (κ2) is 7.83. The number of imide groups is 1. The number of hydrogen-bond donors (Lipinski definition) is 1. The minimum absolute atomic E-state index is 0.117. The fraction of sp³-hybridized carbons (Fsp3) is 0. The molecule has 4 aromatic rings. The van der Waals surface area contributed by atoms with E-state index in [4.69, 9.17) is 16.0 Å². The van der Waals surface area contributed by atoms with Crippen LogP contribution in [0.3, 0.4) is 0 Å². The number of hydrogen-bond acceptors (Lipinski definition) is 4. The highest BCUT2D eigenvalue weighted by atomic mass is 35.5. The maximum Gasteiger partial charge on any atom is 0.291 e. The van der Waals surface area contributed by atoms with Crippen molar-refractivity contribution < 1.29 is 18.8 Å². The van der Waals surface area contributed by atoms with Gasteiger partial charge in [-0.3, -0.25) is 14.4 Å². The van der Waals surface area contributed by atoms with E-state index < -0.39 is 17.7 Å². The lowest BCUT2D eigenvalue weighted by atomic mass is 10.1. The number of nitrogens with one attached hydrogen (secondary N) is 1. The van der Waals surface area contributed by atoms with Crippen LogP contribution in [0.25, 0.3) is 11.3 Å². The van der Waals surface area contributed by atoms with Crippen molar-refractivity contribution in [2.45, 2.75) is 0 Å². The lowest BCUT2D eigenvalue weighted by Gasteiger charge is -2.15. The average molecular weight is 443 g/mol. The third-order valence-electron chi connectivity index (χ3n) is 5.10. The van der Waals surface area contributed by atoms with E-state index in [2.05, 4.69) is 5.32 Å². The standard InChI is InChI=1S/C25H15ClN2O4/c26-16-6-3-5-15(13-16)21-11-12-22(32-21)23(29)27-17-7-4-8-18(14-17)28-24(30)19-9-1-2-10-20(19)25(28)31/h1-14H,(H,27,29). The number of halogens is 1. The Balaban J connectivity index is 1.37. The maximum atomic E-state index is 12.7. The van der Waals surface area contributed by atoms with Gasteiger partial charge in [-0.25, -0.2) is 4.90 Å². The first-order chi connectivity index (χ1) is 15.5. The SMILES string of the molecule is O=C(Nc1cccc(N2C(=O)c3ccccc3C2=O)c1)c1ccc(-c2cccc(Cl)c2)o1. The Labute approximate surface area is 188 Å². The van der Waals surface area contributed by atoms with Crippen LogP contribution >= 0.6 is 11.6 Å². The molecule has 0 radical (unpaired) electrons. The van der Waals surface area contributed by atoms with Gasteiger partial charge in [0.15, 0.2) is 5.76 Å². The molecule has 1 aliphatic heterocycles. The second-order valence-electron chi connectivity index (χ2n) is 7.17. The number of carbonyl (C=O) groups excluding carboxylic acids is 3. The lowest BCUT2D eigenvalue weighted by molar-refractivity contribution is 0.0925. The topological polar surface area (TPSA) is 79.6 Å². The van der Waals surface area contributed by atoms with Gasteiger partial charge in [0, 0.05) is 16.3 Å². The van der Waals surface area contributed by atoms with Crippen LogP contribution in [0.15, 0.2) is 89.3 Å². The molecule has 0 saturated heterocycles. The highest BCUT2D eigenvalue weighted by molar-refractivity contribution is 6.34. The van der Waals surface area contributed by atoms with E-state index in [1.54, 1.807) is 78.9 Å². The van der Waals surface area contributed by atoms with Crippen molar-refractivity contribution in [1.29, 1.82) is 0 Å². The van der Waals surface area contributed by atoms with Gasteiger partial charge in [0.1, 0.15) is 5.76 Å². The predicted molar refractivity (Wildman–Crippen MR) is 121 cm³/mol. The molecule has 32 heavy (non-hydrogen) atoms. The summed E-state index contributed by atoms with van der Waals surface area (Å²) in [6.07, 6.45) is 0. The van der Waals surface area contributed by atoms with Crippen molar-refractivity contribution in [3.05, 3.63) is 107 Å². The molecule has 0 bridgehead atoms. The molecule has 6 nitrogen and oxygen atoms in total. The highest BCUT2D eigenvalue weighted by Crippen LogP contribution is 2.30. The van der Waals surface area contributed by atoms with Gasteiger partial charge in [-0.15, -0.1) is 0 Å². The van der Waals surface area contributed by atoms with Crippen LogP contribution in [0.2, 0.25) is 5.02 Å². The van der Waals surface area contributed by atoms with E-state index in [-0.39, 0.29) is 5.76 Å². The van der Waals surface area contributed by atoms with Gasteiger partial charge in [0.2, 0.25) is 0 Å². The van der Waals surface area contributed by atoms with Gasteiger partial charge >= 0.3 is 0 Å². The molecule has 0 atom stereocenters. The molecule has 0 fully saturated rings. The summed E-state index contributed by atoms with van der Waals surface area (Å²) in [5, 5.41) is 3.31. The summed E-state index contributed by atoms with van der Waals surface area (Å²) < 4.78 is 5.68.